The number of piperazine rings is 1. The van der Waals surface area contributed by atoms with Crippen LogP contribution in [0, 0.1) is 60.2 Å². The number of pyridine rings is 1. The highest BCUT2D eigenvalue weighted by Crippen LogP contribution is 2.21. The maximum absolute atomic E-state index is 11.9. The topological polar surface area (TPSA) is 405 Å². The van der Waals surface area contributed by atoms with Crippen molar-refractivity contribution < 1.29 is 86.3 Å². The molecule has 1 saturated carbocycles. The molecule has 0 aromatic carbocycles. The third-order valence-electron chi connectivity index (χ3n) is 19.1. The first kappa shape index (κ1) is 126. The van der Waals surface area contributed by atoms with Gasteiger partial charge in [-0.25, -0.2) is 14.4 Å². The third-order valence-corrected chi connectivity index (χ3v) is 19.1. The predicted octanol–water partition coefficient (Wildman–Crippen LogP) is 12.2. The molecule has 746 valence electrons. The highest BCUT2D eigenvalue weighted by atomic mass is 16.6. The van der Waals surface area contributed by atoms with E-state index in [1.807, 2.05) is 223 Å². The second-order valence-electron chi connectivity index (χ2n) is 38.7. The number of carbonyl (C=O) groups is 12. The van der Waals surface area contributed by atoms with Gasteiger partial charge < -0.3 is 101 Å². The van der Waals surface area contributed by atoms with Crippen LogP contribution in [0.4, 0.5) is 14.4 Å². The summed E-state index contributed by atoms with van der Waals surface area (Å²) in [5.41, 5.74) is 5.20. The predicted molar refractivity (Wildman–Crippen MR) is 510 cm³/mol. The number of piperidine rings is 2. The molecule has 33 nitrogen and oxygen atoms in total. The van der Waals surface area contributed by atoms with Crippen LogP contribution < -0.4 is 37.6 Å². The number of aromatic hydroxyl groups is 1. The van der Waals surface area contributed by atoms with E-state index in [-0.39, 0.29) is 124 Å². The molecular weight excluding hydrogens is 1640 g/mol. The monoisotopic (exact) mass is 1820 g/mol. The average molecular weight is 1820 g/mol. The number of carbonyl (C=O) groups excluding carboxylic acids is 12. The number of nitrogens with zero attached hydrogens (tertiary/aromatic N) is 8. The lowest BCUT2D eigenvalue weighted by Gasteiger charge is -2.36. The first-order valence-electron chi connectivity index (χ1n) is 46.8. The number of aryl methyl sites for hydroxylation is 1. The second kappa shape index (κ2) is 69.7. The fraction of sp³-hybridized carbons (Fsp3) is 0.821. The number of alkyl carbamates (subject to hydrolysis) is 1. The Morgan fingerprint density at radius 2 is 0.789 bits per heavy atom. The number of amides is 12. The Balaban J connectivity index is -0.000000681. The second-order valence-corrected chi connectivity index (χ2v) is 38.7. The number of hydrogen-bond donors (Lipinski definition) is 8. The van der Waals surface area contributed by atoms with Crippen LogP contribution in [0.15, 0.2) is 12.1 Å². The van der Waals surface area contributed by atoms with E-state index in [1.165, 1.54) is 51.4 Å². The Morgan fingerprint density at radius 1 is 0.430 bits per heavy atom. The lowest BCUT2D eigenvalue weighted by Crippen LogP contribution is -2.52. The number of aromatic nitrogens is 1. The fourth-order valence-electron chi connectivity index (χ4n) is 11.5. The number of nitrogens with one attached hydrogen (secondary N) is 6. The van der Waals surface area contributed by atoms with Crippen molar-refractivity contribution in [3.05, 3.63) is 23.5 Å². The summed E-state index contributed by atoms with van der Waals surface area (Å²) in [5.74, 6) is 1.84. The summed E-state index contributed by atoms with van der Waals surface area (Å²) in [7, 11) is 8.96. The first-order chi connectivity index (χ1) is 59.3. The molecule has 1 aromatic heterocycles. The molecule has 1 aliphatic carbocycles. The molecule has 5 rings (SSSR count). The number of ether oxygens (including phenoxy) is 5. The van der Waals surface area contributed by atoms with Crippen molar-refractivity contribution in [3.63, 3.8) is 0 Å². The molecule has 0 atom stereocenters. The minimum atomic E-state index is -0.476. The van der Waals surface area contributed by atoms with Crippen LogP contribution in [-0.2, 0) is 73.4 Å². The van der Waals surface area contributed by atoms with Gasteiger partial charge in [0.1, 0.15) is 28.2 Å². The molecule has 12 amide bonds. The zero-order chi connectivity index (χ0) is 99.4. The van der Waals surface area contributed by atoms with Gasteiger partial charge in [0.25, 0.3) is 0 Å². The molecule has 0 radical (unpaired) electrons. The van der Waals surface area contributed by atoms with Gasteiger partial charge in [0, 0.05) is 190 Å². The standard InChI is InChI=1S/C14H26N2O3.C13H24N2O3.C12H24N2O3.C12H18N2O2.C10H21NO3.C10H19NO.C9H17NO.C8H18N2O.C7H16N2O/c1-10(2)12(17)15-11-6-8-16(9-7-11)13(18)19-14(3,4)5;1-10(2)11(16)14-6-8-15(9-7-14)12(17)18-13(3,4)5;1-9(2)10(15)13-7-6-8-14-11(16)17-12(3,4)5;1-8(2)12(16)14(4)7-10-11(15)6-5-9(3)13-10;1-9(2)10(12)11(5-7-13-3)6-8-14-4;1-8(2)10(12)11-9-6-4-3-5-7-9;1-8(2)9(11)10-6-4-3-5-7-10;1-7(2)8(11)9-5-6-10(3)4;1-6(2)7(10)9-5-3-4-8/h10-11H,6-9H2,1-5H3,(H,15,17);10H,6-9H2,1-5H3;9H,6-8H2,1-5H3,(H,13,15)(H,14,16);5-6,8,15H,7H2,1-4H3;9H,5-8H2,1-4H3;8-9H,3-7H2,1-2H3,(H,11,12);8H,3-7H2,1-2H3;7H,5-6H2,1-4H3,(H,9,11);6H,3-5,8H2,1-2H3,(H,9,10). The van der Waals surface area contributed by atoms with Crippen LogP contribution in [0.1, 0.15) is 275 Å². The number of likely N-dealkylation sites (N-methyl/N-ethyl adjacent to an activating group) is 1. The molecular formula is C95H183N15O18. The van der Waals surface area contributed by atoms with Crippen LogP contribution in [-0.4, -0.2) is 298 Å². The van der Waals surface area contributed by atoms with E-state index >= 15 is 0 Å². The number of likely N-dealkylation sites (tertiary alicyclic amines) is 2. The molecule has 0 bridgehead atoms. The van der Waals surface area contributed by atoms with E-state index < -0.39 is 22.9 Å². The smallest absolute Gasteiger partial charge is 0.410 e. The first-order valence-corrected chi connectivity index (χ1v) is 46.8. The third kappa shape index (κ3) is 67.1. The summed E-state index contributed by atoms with van der Waals surface area (Å²) in [6.45, 7) is 64.8. The Kier molecular flexibility index (Phi) is 68.7. The van der Waals surface area contributed by atoms with Crippen LogP contribution in [0.5, 0.6) is 5.75 Å². The molecule has 3 aliphatic heterocycles. The van der Waals surface area contributed by atoms with Crippen LogP contribution >= 0.6 is 0 Å². The molecule has 4 heterocycles. The van der Waals surface area contributed by atoms with Crippen molar-refractivity contribution in [1.29, 1.82) is 0 Å². The van der Waals surface area contributed by atoms with E-state index in [1.54, 1.807) is 53.0 Å². The van der Waals surface area contributed by atoms with Crippen molar-refractivity contribution in [2.24, 2.45) is 59.0 Å². The van der Waals surface area contributed by atoms with E-state index in [0.717, 1.165) is 51.1 Å². The summed E-state index contributed by atoms with van der Waals surface area (Å²) < 4.78 is 25.6. The maximum atomic E-state index is 11.9. The number of nitrogens with two attached hydrogens (primary N) is 1. The van der Waals surface area contributed by atoms with Crippen LogP contribution in [0.3, 0.4) is 0 Å². The number of rotatable bonds is 29. The van der Waals surface area contributed by atoms with Gasteiger partial charge in [-0.15, -0.1) is 0 Å². The van der Waals surface area contributed by atoms with Gasteiger partial charge in [-0.05, 0) is 160 Å². The average Bonchev–Trinajstić information content (AvgIpc) is 0.848. The zero-order valence-corrected chi connectivity index (χ0v) is 86.0. The Bertz CT molecular complexity index is 3240. The molecule has 4 aliphatic rings. The van der Waals surface area contributed by atoms with Gasteiger partial charge in [-0.1, -0.05) is 144 Å². The maximum Gasteiger partial charge on any atom is 0.410 e. The number of hydrogen-bond acceptors (Lipinski definition) is 21. The van der Waals surface area contributed by atoms with Crippen LogP contribution in [0.2, 0.25) is 0 Å². The van der Waals surface area contributed by atoms with Crippen molar-refractivity contribution >= 4 is 71.4 Å². The van der Waals surface area contributed by atoms with Gasteiger partial charge in [0.05, 0.1) is 19.8 Å². The van der Waals surface area contributed by atoms with E-state index in [0.29, 0.717) is 122 Å². The Morgan fingerprint density at radius 3 is 1.16 bits per heavy atom. The molecule has 9 N–H and O–H groups in total. The minimum absolute atomic E-state index is 0.00360. The Hall–Kier alpha value is -8.17. The fourth-order valence-corrected chi connectivity index (χ4v) is 11.5. The van der Waals surface area contributed by atoms with Crippen molar-refractivity contribution in [1.82, 2.24) is 71.2 Å². The van der Waals surface area contributed by atoms with Gasteiger partial charge in [0.2, 0.25) is 53.2 Å². The SMILES string of the molecule is CC(C)C(=O)N1CCCCC1.CC(C)C(=O)N1CCN(C(=O)OC(C)(C)C)CC1.CC(C)C(=O)NC1CCCCC1.CC(C)C(=O)NC1CCN(C(=O)OC(C)(C)C)CC1.CC(C)C(=O)NCCCN.CC(C)C(=O)NCCCNC(=O)OC(C)(C)C.CC(C)C(=O)NCCN(C)C.COCCN(CCOC)C(=O)C(C)C.Cc1ccc(O)c(CN(C)C(=O)C(C)C)n1. The highest BCUT2D eigenvalue weighted by Gasteiger charge is 2.31. The van der Waals surface area contributed by atoms with Gasteiger partial charge in [-0.3, -0.25) is 48.1 Å². The number of methoxy groups -OCH3 is 2. The van der Waals surface area contributed by atoms with Crippen molar-refractivity contribution in [3.8, 4) is 5.75 Å². The molecule has 3 saturated heterocycles. The summed E-state index contributed by atoms with van der Waals surface area (Å²) in [6, 6.07) is 3.98. The van der Waals surface area contributed by atoms with E-state index in [2.05, 4.69) is 36.9 Å². The summed E-state index contributed by atoms with van der Waals surface area (Å²) in [5, 5.41) is 26.7. The largest absolute Gasteiger partial charge is 0.506 e. The minimum Gasteiger partial charge on any atom is -0.506 e. The highest BCUT2D eigenvalue weighted by molar-refractivity contribution is 5.82. The molecule has 128 heavy (non-hydrogen) atoms. The molecule has 1 aromatic rings. The normalized spacial score (nSPS) is 14.1. The molecule has 0 unspecified atom stereocenters. The zero-order valence-electron chi connectivity index (χ0n) is 86.0. The molecule has 0 spiro atoms. The van der Waals surface area contributed by atoms with Crippen LogP contribution in [0.25, 0.3) is 0 Å². The van der Waals surface area contributed by atoms with Gasteiger partial charge in [0.15, 0.2) is 0 Å². The summed E-state index contributed by atoms with van der Waals surface area (Å²) >= 11 is 0. The lowest BCUT2D eigenvalue weighted by molar-refractivity contribution is -0.136. The van der Waals surface area contributed by atoms with Gasteiger partial charge >= 0.3 is 18.3 Å². The van der Waals surface area contributed by atoms with Crippen molar-refractivity contribution in [2.75, 3.05) is 153 Å². The summed E-state index contributed by atoms with van der Waals surface area (Å²) in [4.78, 5) is 154. The van der Waals surface area contributed by atoms with Crippen molar-refractivity contribution in [2.45, 2.75) is 306 Å². The summed E-state index contributed by atoms with van der Waals surface area (Å²) in [6.07, 6.45) is 12.1. The molecule has 4 fully saturated rings. The van der Waals surface area contributed by atoms with E-state index in [9.17, 15) is 62.6 Å². The van der Waals surface area contributed by atoms with E-state index in [4.69, 9.17) is 29.4 Å². The van der Waals surface area contributed by atoms with Gasteiger partial charge in [-0.2, -0.15) is 0 Å². The molecule has 33 heteroatoms. The quantitative estimate of drug-likeness (QED) is 0.0273. The Labute approximate surface area is 773 Å². The lowest BCUT2D eigenvalue weighted by atomic mass is 9.95.